The van der Waals surface area contributed by atoms with Gasteiger partial charge in [-0.05, 0) is 50.5 Å². The van der Waals surface area contributed by atoms with Crippen LogP contribution >= 0.6 is 0 Å². The fraction of sp³-hybridized carbons (Fsp3) is 0.375. The van der Waals surface area contributed by atoms with Gasteiger partial charge >= 0.3 is 5.69 Å². The van der Waals surface area contributed by atoms with Crippen molar-refractivity contribution in [3.8, 4) is 0 Å². The molecule has 126 valence electrons. The van der Waals surface area contributed by atoms with Crippen molar-refractivity contribution < 1.29 is 9.31 Å². The molecule has 1 aliphatic heterocycles. The topological polar surface area (TPSA) is 84.2 Å². The van der Waals surface area contributed by atoms with Gasteiger partial charge < -0.3 is 10.2 Å². The van der Waals surface area contributed by atoms with Gasteiger partial charge in [-0.25, -0.2) is 14.4 Å². The number of hydrogen-bond donors (Lipinski definition) is 1. The van der Waals surface area contributed by atoms with E-state index in [1.807, 2.05) is 11.8 Å². The van der Waals surface area contributed by atoms with Crippen molar-refractivity contribution in [3.63, 3.8) is 0 Å². The maximum Gasteiger partial charge on any atom is 0.353 e. The van der Waals surface area contributed by atoms with Crippen LogP contribution in [-0.2, 0) is 0 Å². The standard InChI is InChI=1S/C16H18FN5O2/c1-11-4-2-3-9-21(11)16-14(22(23)24)15(18-10-19-16)20-13-7-5-12(17)6-8-13/h5-8,10-11H,2-4,9H2,1H3,(H,18,19,20). The molecule has 1 aliphatic rings. The van der Waals surface area contributed by atoms with Crippen molar-refractivity contribution in [2.24, 2.45) is 0 Å². The van der Waals surface area contributed by atoms with Crippen LogP contribution in [0.2, 0.25) is 0 Å². The molecule has 0 bridgehead atoms. The molecule has 24 heavy (non-hydrogen) atoms. The largest absolute Gasteiger partial charge is 0.353 e. The fourth-order valence-corrected chi connectivity index (χ4v) is 2.92. The lowest BCUT2D eigenvalue weighted by Crippen LogP contribution is -2.38. The van der Waals surface area contributed by atoms with Gasteiger partial charge in [0.25, 0.3) is 0 Å². The number of rotatable bonds is 4. The Bertz CT molecular complexity index is 738. The zero-order valence-corrected chi connectivity index (χ0v) is 13.3. The first kappa shape index (κ1) is 16.1. The van der Waals surface area contributed by atoms with E-state index in [-0.39, 0.29) is 23.4 Å². The van der Waals surface area contributed by atoms with Crippen LogP contribution in [0.4, 0.5) is 27.4 Å². The number of nitrogens with zero attached hydrogens (tertiary/aromatic N) is 4. The number of anilines is 3. The molecular formula is C16H18FN5O2. The van der Waals surface area contributed by atoms with Gasteiger partial charge in [-0.2, -0.15) is 0 Å². The number of aromatic nitrogens is 2. The lowest BCUT2D eigenvalue weighted by molar-refractivity contribution is -0.383. The lowest BCUT2D eigenvalue weighted by Gasteiger charge is -2.33. The fourth-order valence-electron chi connectivity index (χ4n) is 2.92. The van der Waals surface area contributed by atoms with Crippen LogP contribution in [0.5, 0.6) is 0 Å². The zero-order valence-electron chi connectivity index (χ0n) is 13.3. The van der Waals surface area contributed by atoms with Gasteiger partial charge in [0.15, 0.2) is 0 Å². The molecule has 7 nitrogen and oxygen atoms in total. The van der Waals surface area contributed by atoms with E-state index in [0.29, 0.717) is 11.5 Å². The summed E-state index contributed by atoms with van der Waals surface area (Å²) >= 11 is 0. The van der Waals surface area contributed by atoms with E-state index in [1.54, 1.807) is 0 Å². The highest BCUT2D eigenvalue weighted by molar-refractivity contribution is 5.74. The summed E-state index contributed by atoms with van der Waals surface area (Å²) in [5.74, 6) is 0.0572. The molecule has 0 amide bonds. The summed E-state index contributed by atoms with van der Waals surface area (Å²) in [6.07, 6.45) is 4.38. The summed E-state index contributed by atoms with van der Waals surface area (Å²) in [6.45, 7) is 2.77. The minimum absolute atomic E-state index is 0.106. The van der Waals surface area contributed by atoms with Gasteiger partial charge in [0.05, 0.1) is 4.92 Å². The Kier molecular flexibility index (Phi) is 4.54. The zero-order chi connectivity index (χ0) is 17.1. The summed E-state index contributed by atoms with van der Waals surface area (Å²) < 4.78 is 13.0. The first-order valence-corrected chi connectivity index (χ1v) is 7.85. The molecule has 2 heterocycles. The van der Waals surface area contributed by atoms with Crippen molar-refractivity contribution in [3.05, 3.63) is 46.5 Å². The van der Waals surface area contributed by atoms with Gasteiger partial charge in [0.1, 0.15) is 12.1 Å². The third-order valence-corrected chi connectivity index (χ3v) is 4.17. The Morgan fingerprint density at radius 3 is 2.71 bits per heavy atom. The minimum atomic E-state index is -0.470. The highest BCUT2D eigenvalue weighted by Gasteiger charge is 2.30. The predicted octanol–water partition coefficient (Wildman–Crippen LogP) is 3.65. The number of piperidine rings is 1. The van der Waals surface area contributed by atoms with E-state index >= 15 is 0 Å². The molecule has 3 rings (SSSR count). The normalized spacial score (nSPS) is 17.6. The van der Waals surface area contributed by atoms with Crippen LogP contribution in [0.1, 0.15) is 26.2 Å². The van der Waals surface area contributed by atoms with Crippen LogP contribution in [0.15, 0.2) is 30.6 Å². The van der Waals surface area contributed by atoms with Crippen LogP contribution in [-0.4, -0.2) is 27.5 Å². The van der Waals surface area contributed by atoms with Crippen LogP contribution in [0, 0.1) is 15.9 Å². The Labute approximate surface area is 138 Å². The van der Waals surface area contributed by atoms with E-state index in [1.165, 1.54) is 30.6 Å². The third-order valence-electron chi connectivity index (χ3n) is 4.17. The smallest absolute Gasteiger partial charge is 0.348 e. The van der Waals surface area contributed by atoms with Crippen molar-refractivity contribution in [2.45, 2.75) is 32.2 Å². The van der Waals surface area contributed by atoms with Crippen LogP contribution in [0.3, 0.4) is 0 Å². The van der Waals surface area contributed by atoms with Crippen molar-refractivity contribution in [1.82, 2.24) is 9.97 Å². The molecule has 2 aromatic rings. The molecule has 1 unspecified atom stereocenters. The van der Waals surface area contributed by atoms with E-state index < -0.39 is 4.92 Å². The predicted molar refractivity (Wildman–Crippen MR) is 89.0 cm³/mol. The van der Waals surface area contributed by atoms with Gasteiger partial charge in [-0.1, -0.05) is 0 Å². The maximum atomic E-state index is 13.0. The maximum absolute atomic E-state index is 13.0. The third kappa shape index (κ3) is 3.27. The van der Waals surface area contributed by atoms with Crippen LogP contribution in [0.25, 0.3) is 0 Å². The van der Waals surface area contributed by atoms with E-state index in [2.05, 4.69) is 15.3 Å². The molecular weight excluding hydrogens is 313 g/mol. The van der Waals surface area contributed by atoms with E-state index in [4.69, 9.17) is 0 Å². The number of nitro groups is 1. The molecule has 0 spiro atoms. The summed E-state index contributed by atoms with van der Waals surface area (Å²) in [4.78, 5) is 21.3. The van der Waals surface area contributed by atoms with Crippen molar-refractivity contribution in [1.29, 1.82) is 0 Å². The first-order valence-electron chi connectivity index (χ1n) is 7.85. The van der Waals surface area contributed by atoms with E-state index in [0.717, 1.165) is 25.8 Å². The molecule has 1 N–H and O–H groups in total. The Morgan fingerprint density at radius 2 is 2.04 bits per heavy atom. The summed E-state index contributed by atoms with van der Waals surface area (Å²) in [5, 5.41) is 14.5. The van der Waals surface area contributed by atoms with Gasteiger partial charge in [0.2, 0.25) is 11.6 Å². The van der Waals surface area contributed by atoms with Gasteiger partial charge in [-0.15, -0.1) is 0 Å². The number of benzene rings is 1. The Morgan fingerprint density at radius 1 is 1.29 bits per heavy atom. The number of hydrogen-bond acceptors (Lipinski definition) is 6. The molecule has 1 aromatic heterocycles. The van der Waals surface area contributed by atoms with Gasteiger partial charge in [-0.3, -0.25) is 10.1 Å². The summed E-state index contributed by atoms with van der Waals surface area (Å²) in [6, 6.07) is 5.76. The highest BCUT2D eigenvalue weighted by Crippen LogP contribution is 2.36. The monoisotopic (exact) mass is 331 g/mol. The molecule has 1 atom stereocenters. The summed E-state index contributed by atoms with van der Waals surface area (Å²) in [7, 11) is 0. The SMILES string of the molecule is CC1CCCCN1c1ncnc(Nc2ccc(F)cc2)c1[N+](=O)[O-]. The first-order chi connectivity index (χ1) is 11.6. The lowest BCUT2D eigenvalue weighted by atomic mass is 10.0. The molecule has 1 saturated heterocycles. The molecule has 0 radical (unpaired) electrons. The molecule has 0 saturated carbocycles. The van der Waals surface area contributed by atoms with E-state index in [9.17, 15) is 14.5 Å². The average Bonchev–Trinajstić information content (AvgIpc) is 2.57. The molecule has 0 aliphatic carbocycles. The second-order valence-electron chi connectivity index (χ2n) is 5.82. The molecule has 1 aromatic carbocycles. The van der Waals surface area contributed by atoms with Crippen molar-refractivity contribution >= 4 is 23.0 Å². The minimum Gasteiger partial charge on any atom is -0.348 e. The molecule has 1 fully saturated rings. The quantitative estimate of drug-likeness (QED) is 0.680. The van der Waals surface area contributed by atoms with Gasteiger partial charge in [0, 0.05) is 18.3 Å². The molecule has 8 heteroatoms. The average molecular weight is 331 g/mol. The Hall–Kier alpha value is -2.77. The Balaban J connectivity index is 1.98. The number of nitrogens with one attached hydrogen (secondary N) is 1. The number of halogens is 1. The second kappa shape index (κ2) is 6.77. The van der Waals surface area contributed by atoms with Crippen LogP contribution < -0.4 is 10.2 Å². The summed E-state index contributed by atoms with van der Waals surface area (Å²) in [5.41, 5.74) is 0.367. The van der Waals surface area contributed by atoms with Crippen molar-refractivity contribution in [2.75, 3.05) is 16.8 Å². The highest BCUT2D eigenvalue weighted by atomic mass is 19.1. The second-order valence-corrected chi connectivity index (χ2v) is 5.82.